The predicted octanol–water partition coefficient (Wildman–Crippen LogP) is 3.63. The summed E-state index contributed by atoms with van der Waals surface area (Å²) < 4.78 is 5.23. The molecule has 0 atom stereocenters. The van der Waals surface area contributed by atoms with Crippen molar-refractivity contribution in [3.63, 3.8) is 0 Å². The molecule has 1 saturated heterocycles. The van der Waals surface area contributed by atoms with Crippen molar-refractivity contribution < 1.29 is 9.53 Å². The molecule has 0 spiro atoms. The van der Waals surface area contributed by atoms with Crippen molar-refractivity contribution in [2.45, 2.75) is 56.9 Å². The van der Waals surface area contributed by atoms with Crippen LogP contribution in [-0.4, -0.2) is 55.0 Å². The zero-order valence-corrected chi connectivity index (χ0v) is 17.3. The second-order valence-electron chi connectivity index (χ2n) is 8.43. The van der Waals surface area contributed by atoms with Gasteiger partial charge in [-0.25, -0.2) is 0 Å². The van der Waals surface area contributed by atoms with Crippen LogP contribution in [0.25, 0.3) is 0 Å². The molecule has 0 N–H and O–H groups in total. The summed E-state index contributed by atoms with van der Waals surface area (Å²) in [6.45, 7) is 2.36. The number of amides is 1. The van der Waals surface area contributed by atoms with Crippen LogP contribution in [0.1, 0.15) is 50.5 Å². The smallest absolute Gasteiger partial charge is 0.237 e. The zero-order chi connectivity index (χ0) is 20.0. The van der Waals surface area contributed by atoms with Crippen LogP contribution in [0, 0.1) is 17.2 Å². The van der Waals surface area contributed by atoms with Crippen LogP contribution in [-0.2, 0) is 11.2 Å². The summed E-state index contributed by atoms with van der Waals surface area (Å²) in [5.74, 6) is 1.66. The number of likely N-dealkylation sites (N-methyl/N-ethyl adjacent to an activating group) is 1. The first-order chi connectivity index (χ1) is 13.6. The van der Waals surface area contributed by atoms with Gasteiger partial charge in [-0.1, -0.05) is 31.4 Å². The van der Waals surface area contributed by atoms with E-state index in [1.165, 1.54) is 12.0 Å². The highest BCUT2D eigenvalue weighted by Crippen LogP contribution is 2.32. The van der Waals surface area contributed by atoms with E-state index in [1.54, 1.807) is 12.0 Å². The van der Waals surface area contributed by atoms with E-state index in [2.05, 4.69) is 23.1 Å². The number of rotatable bonds is 6. The van der Waals surface area contributed by atoms with Gasteiger partial charge in [-0.3, -0.25) is 9.69 Å². The average Bonchev–Trinajstić information content (AvgIpc) is 2.75. The van der Waals surface area contributed by atoms with Crippen molar-refractivity contribution in [2.24, 2.45) is 5.92 Å². The lowest BCUT2D eigenvalue weighted by Gasteiger charge is -2.40. The van der Waals surface area contributed by atoms with Gasteiger partial charge < -0.3 is 9.64 Å². The van der Waals surface area contributed by atoms with Crippen molar-refractivity contribution in [3.05, 3.63) is 29.8 Å². The average molecular weight is 384 g/mol. The lowest BCUT2D eigenvalue weighted by molar-refractivity contribution is -0.136. The Hall–Kier alpha value is -2.06. The molecule has 1 aromatic rings. The molecule has 3 rings (SSSR count). The van der Waals surface area contributed by atoms with E-state index in [0.717, 1.165) is 63.8 Å². The number of likely N-dealkylation sites (tertiary alicyclic amines) is 1. The van der Waals surface area contributed by atoms with Gasteiger partial charge in [0.25, 0.3) is 0 Å². The Morgan fingerprint density at radius 1 is 1.21 bits per heavy atom. The third-order valence-electron chi connectivity index (χ3n) is 6.65. The lowest BCUT2D eigenvalue weighted by Crippen LogP contribution is -2.53. The molecule has 1 aliphatic carbocycles. The Balaban J connectivity index is 1.46. The Bertz CT molecular complexity index is 681. The largest absolute Gasteiger partial charge is 0.497 e. The summed E-state index contributed by atoms with van der Waals surface area (Å²) in [7, 11) is 3.52. The Kier molecular flexibility index (Phi) is 6.96. The Morgan fingerprint density at radius 3 is 2.43 bits per heavy atom. The van der Waals surface area contributed by atoms with Gasteiger partial charge in [0, 0.05) is 7.05 Å². The molecule has 1 heterocycles. The summed E-state index contributed by atoms with van der Waals surface area (Å²) in [5, 5.41) is 9.71. The van der Waals surface area contributed by atoms with Crippen LogP contribution < -0.4 is 4.74 Å². The number of hydrogen-bond acceptors (Lipinski definition) is 4. The van der Waals surface area contributed by atoms with Gasteiger partial charge in [-0.2, -0.15) is 5.26 Å². The van der Waals surface area contributed by atoms with Gasteiger partial charge in [0.15, 0.2) is 0 Å². The van der Waals surface area contributed by atoms with Crippen LogP contribution >= 0.6 is 0 Å². The molecule has 2 aliphatic rings. The molecule has 152 valence electrons. The summed E-state index contributed by atoms with van der Waals surface area (Å²) in [6.07, 6.45) is 8.21. The zero-order valence-electron chi connectivity index (χ0n) is 17.3. The first-order valence-corrected chi connectivity index (χ1v) is 10.6. The fourth-order valence-electron chi connectivity index (χ4n) is 4.64. The number of ether oxygens (including phenoxy) is 1. The van der Waals surface area contributed by atoms with Crippen LogP contribution in [0.2, 0.25) is 0 Å². The lowest BCUT2D eigenvalue weighted by atomic mass is 9.81. The van der Waals surface area contributed by atoms with Crippen molar-refractivity contribution in [2.75, 3.05) is 33.8 Å². The number of carbonyl (C=O) groups excluding carboxylic acids is 1. The van der Waals surface area contributed by atoms with Crippen LogP contribution in [0.4, 0.5) is 0 Å². The van der Waals surface area contributed by atoms with Gasteiger partial charge in [0.2, 0.25) is 5.91 Å². The summed E-state index contributed by atoms with van der Waals surface area (Å²) in [6, 6.07) is 10.8. The SMILES string of the molecule is COc1ccc(CC2CCN(CC(=O)N(C)C3(C#N)CCCCC3)CC2)cc1. The number of nitriles is 1. The summed E-state index contributed by atoms with van der Waals surface area (Å²) in [5.41, 5.74) is 0.769. The fourth-order valence-corrected chi connectivity index (χ4v) is 4.64. The third kappa shape index (κ3) is 4.86. The van der Waals surface area contributed by atoms with E-state index in [9.17, 15) is 10.1 Å². The van der Waals surface area contributed by atoms with Crippen molar-refractivity contribution in [1.29, 1.82) is 5.26 Å². The van der Waals surface area contributed by atoms with E-state index in [-0.39, 0.29) is 5.91 Å². The van der Waals surface area contributed by atoms with Gasteiger partial charge in [-0.05, 0) is 68.8 Å². The highest BCUT2D eigenvalue weighted by atomic mass is 16.5. The predicted molar refractivity (Wildman–Crippen MR) is 110 cm³/mol. The van der Waals surface area contributed by atoms with Crippen LogP contribution in [0.3, 0.4) is 0 Å². The van der Waals surface area contributed by atoms with Gasteiger partial charge in [0.1, 0.15) is 11.3 Å². The molecular formula is C23H33N3O2. The van der Waals surface area contributed by atoms with E-state index in [4.69, 9.17) is 4.74 Å². The minimum absolute atomic E-state index is 0.0945. The molecule has 0 bridgehead atoms. The first-order valence-electron chi connectivity index (χ1n) is 10.6. The van der Waals surface area contributed by atoms with Crippen LogP contribution in [0.5, 0.6) is 5.75 Å². The van der Waals surface area contributed by atoms with Gasteiger partial charge in [0.05, 0.1) is 19.7 Å². The highest BCUT2D eigenvalue weighted by Gasteiger charge is 2.39. The van der Waals surface area contributed by atoms with E-state index in [0.29, 0.717) is 12.5 Å². The third-order valence-corrected chi connectivity index (χ3v) is 6.65. The number of nitrogens with zero attached hydrogens (tertiary/aromatic N) is 3. The van der Waals surface area contributed by atoms with Crippen LogP contribution in [0.15, 0.2) is 24.3 Å². The quantitative estimate of drug-likeness (QED) is 0.753. The maximum absolute atomic E-state index is 12.8. The monoisotopic (exact) mass is 383 g/mol. The minimum atomic E-state index is -0.581. The minimum Gasteiger partial charge on any atom is -0.497 e. The van der Waals surface area contributed by atoms with Crippen molar-refractivity contribution in [3.8, 4) is 11.8 Å². The number of benzene rings is 1. The molecule has 2 fully saturated rings. The molecule has 1 saturated carbocycles. The molecule has 1 aromatic carbocycles. The molecular weight excluding hydrogens is 350 g/mol. The molecule has 0 aromatic heterocycles. The maximum Gasteiger partial charge on any atom is 0.237 e. The van der Waals surface area contributed by atoms with Gasteiger partial charge in [-0.15, -0.1) is 0 Å². The number of methoxy groups -OCH3 is 1. The first kappa shape index (κ1) is 20.7. The van der Waals surface area contributed by atoms with E-state index >= 15 is 0 Å². The number of piperidine rings is 1. The molecule has 1 aliphatic heterocycles. The molecule has 0 unspecified atom stereocenters. The Morgan fingerprint density at radius 2 is 1.86 bits per heavy atom. The molecule has 5 nitrogen and oxygen atoms in total. The second kappa shape index (κ2) is 9.43. The fraction of sp³-hybridized carbons (Fsp3) is 0.652. The molecule has 1 amide bonds. The number of hydrogen-bond donors (Lipinski definition) is 0. The Labute approximate surface area is 169 Å². The van der Waals surface area contributed by atoms with Crippen molar-refractivity contribution in [1.82, 2.24) is 9.80 Å². The van der Waals surface area contributed by atoms with E-state index in [1.807, 2.05) is 19.2 Å². The molecule has 28 heavy (non-hydrogen) atoms. The maximum atomic E-state index is 12.8. The highest BCUT2D eigenvalue weighted by molar-refractivity contribution is 5.79. The molecule has 0 radical (unpaired) electrons. The van der Waals surface area contributed by atoms with Crippen molar-refractivity contribution >= 4 is 5.91 Å². The van der Waals surface area contributed by atoms with E-state index < -0.39 is 5.54 Å². The van der Waals surface area contributed by atoms with Gasteiger partial charge >= 0.3 is 0 Å². The normalized spacial score (nSPS) is 20.3. The standard InChI is InChI=1S/C23H33N3O2/c1-25(23(18-24)12-4-3-5-13-23)22(27)17-26-14-10-20(11-15-26)16-19-6-8-21(28-2)9-7-19/h6-9,20H,3-5,10-17H2,1-2H3. The summed E-state index contributed by atoms with van der Waals surface area (Å²) >= 11 is 0. The summed E-state index contributed by atoms with van der Waals surface area (Å²) in [4.78, 5) is 16.8. The topological polar surface area (TPSA) is 56.6 Å². The molecule has 5 heteroatoms. The second-order valence-corrected chi connectivity index (χ2v) is 8.43. The number of carbonyl (C=O) groups is 1.